The van der Waals surface area contributed by atoms with Gasteiger partial charge < -0.3 is 0 Å². The second-order valence-corrected chi connectivity index (χ2v) is 6.99. The van der Waals surface area contributed by atoms with Gasteiger partial charge in [0.05, 0.1) is 0 Å². The number of hydrogen-bond acceptors (Lipinski definition) is 4. The second-order valence-electron chi connectivity index (χ2n) is 5.82. The minimum atomic E-state index is 0.457. The summed E-state index contributed by atoms with van der Waals surface area (Å²) in [5.41, 5.74) is 4.80. The van der Waals surface area contributed by atoms with Crippen LogP contribution in [0.25, 0.3) is 5.65 Å². The maximum Gasteiger partial charge on any atom is 0.197 e. The summed E-state index contributed by atoms with van der Waals surface area (Å²) in [6.07, 6.45) is 3.62. The zero-order chi connectivity index (χ0) is 15.1. The average molecular weight is 310 g/mol. The van der Waals surface area contributed by atoms with Crippen LogP contribution in [-0.4, -0.2) is 19.6 Å². The third-order valence-corrected chi connectivity index (χ3v) is 5.47. The number of aromatic nitrogens is 4. The number of fused-ring (bicyclic) bond motifs is 2. The Morgan fingerprint density at radius 1 is 1.18 bits per heavy atom. The number of nitrogens with zero attached hydrogens (tertiary/aromatic N) is 4. The first-order valence-corrected chi connectivity index (χ1v) is 8.54. The van der Waals surface area contributed by atoms with E-state index in [2.05, 4.69) is 43.8 Å². The zero-order valence-electron chi connectivity index (χ0n) is 12.8. The third kappa shape index (κ3) is 2.29. The molecule has 4 rings (SSSR count). The monoisotopic (exact) mass is 310 g/mol. The molecule has 0 N–H and O–H groups in total. The molecule has 0 bridgehead atoms. The molecule has 3 aromatic rings. The smallest absolute Gasteiger partial charge is 0.197 e. The van der Waals surface area contributed by atoms with Gasteiger partial charge in [-0.25, -0.2) is 4.98 Å². The van der Waals surface area contributed by atoms with E-state index >= 15 is 0 Å². The van der Waals surface area contributed by atoms with Crippen molar-refractivity contribution >= 4 is 17.4 Å². The molecule has 0 saturated carbocycles. The van der Waals surface area contributed by atoms with Crippen molar-refractivity contribution in [3.8, 4) is 0 Å². The van der Waals surface area contributed by atoms with Crippen LogP contribution in [0.2, 0.25) is 0 Å². The lowest BCUT2D eigenvalue weighted by Gasteiger charge is -2.24. The molecule has 5 heteroatoms. The highest BCUT2D eigenvalue weighted by molar-refractivity contribution is 7.99. The van der Waals surface area contributed by atoms with Crippen LogP contribution in [-0.2, 0) is 6.42 Å². The molecule has 0 fully saturated rings. The largest absolute Gasteiger partial charge is 0.258 e. The van der Waals surface area contributed by atoms with E-state index in [1.165, 1.54) is 30.4 Å². The van der Waals surface area contributed by atoms with Gasteiger partial charge >= 0.3 is 0 Å². The molecule has 1 unspecified atom stereocenters. The van der Waals surface area contributed by atoms with E-state index in [1.807, 2.05) is 31.7 Å². The standard InChI is InChI=1S/C17H18N4S/c1-11-10-16-19-20-17(21(16)12(2)18-11)22-15-9-5-7-13-6-3-4-8-14(13)15/h3-4,6,8,10,15H,5,7,9H2,1-2H3. The molecule has 22 heavy (non-hydrogen) atoms. The SMILES string of the molecule is Cc1cc2nnc(SC3CCCc4ccccc43)n2c(C)n1. The van der Waals surface area contributed by atoms with Gasteiger partial charge in [0.2, 0.25) is 0 Å². The average Bonchev–Trinajstić information content (AvgIpc) is 2.90. The summed E-state index contributed by atoms with van der Waals surface area (Å²) < 4.78 is 2.06. The van der Waals surface area contributed by atoms with Crippen molar-refractivity contribution in [1.82, 2.24) is 19.6 Å². The van der Waals surface area contributed by atoms with E-state index in [9.17, 15) is 0 Å². The van der Waals surface area contributed by atoms with Gasteiger partial charge in [0.25, 0.3) is 0 Å². The van der Waals surface area contributed by atoms with E-state index in [4.69, 9.17) is 0 Å². The van der Waals surface area contributed by atoms with Gasteiger partial charge in [-0.3, -0.25) is 4.40 Å². The Labute approximate surface area is 134 Å². The van der Waals surface area contributed by atoms with Crippen LogP contribution in [0, 0.1) is 13.8 Å². The molecule has 0 aliphatic heterocycles. The van der Waals surface area contributed by atoms with E-state index in [1.54, 1.807) is 0 Å². The van der Waals surface area contributed by atoms with E-state index < -0.39 is 0 Å². The van der Waals surface area contributed by atoms with Gasteiger partial charge in [-0.15, -0.1) is 10.2 Å². The Morgan fingerprint density at radius 2 is 2.05 bits per heavy atom. The van der Waals surface area contributed by atoms with Crippen molar-refractivity contribution in [3.63, 3.8) is 0 Å². The molecular formula is C17H18N4S. The molecular weight excluding hydrogens is 292 g/mol. The van der Waals surface area contributed by atoms with Crippen molar-refractivity contribution in [3.05, 3.63) is 53.0 Å². The molecule has 2 aromatic heterocycles. The summed E-state index contributed by atoms with van der Waals surface area (Å²) in [7, 11) is 0. The van der Waals surface area contributed by atoms with Gasteiger partial charge in [-0.1, -0.05) is 36.0 Å². The number of benzene rings is 1. The van der Waals surface area contributed by atoms with Crippen molar-refractivity contribution in [1.29, 1.82) is 0 Å². The minimum Gasteiger partial charge on any atom is -0.258 e. The molecule has 1 aliphatic carbocycles. The first-order valence-electron chi connectivity index (χ1n) is 7.66. The summed E-state index contributed by atoms with van der Waals surface area (Å²) in [5.74, 6) is 0.951. The van der Waals surface area contributed by atoms with Gasteiger partial charge in [-0.05, 0) is 44.2 Å². The van der Waals surface area contributed by atoms with Gasteiger partial charge in [0, 0.05) is 17.0 Å². The first kappa shape index (κ1) is 13.8. The number of aryl methyl sites for hydroxylation is 3. The molecule has 1 aromatic carbocycles. The summed E-state index contributed by atoms with van der Waals surface area (Å²) in [4.78, 5) is 4.54. The van der Waals surface area contributed by atoms with Gasteiger partial charge in [0.15, 0.2) is 10.8 Å². The molecule has 112 valence electrons. The second kappa shape index (κ2) is 5.39. The van der Waals surface area contributed by atoms with Crippen molar-refractivity contribution in [2.75, 3.05) is 0 Å². The fourth-order valence-corrected chi connectivity index (χ4v) is 4.55. The van der Waals surface area contributed by atoms with E-state index in [0.717, 1.165) is 22.3 Å². The van der Waals surface area contributed by atoms with Crippen LogP contribution in [0.3, 0.4) is 0 Å². The summed E-state index contributed by atoms with van der Waals surface area (Å²) >= 11 is 1.81. The van der Waals surface area contributed by atoms with Gasteiger partial charge in [0.1, 0.15) is 5.82 Å². The normalized spacial score (nSPS) is 17.6. The lowest BCUT2D eigenvalue weighted by molar-refractivity contribution is 0.670. The lowest BCUT2D eigenvalue weighted by Crippen LogP contribution is -2.08. The molecule has 2 heterocycles. The topological polar surface area (TPSA) is 43.1 Å². The van der Waals surface area contributed by atoms with Crippen LogP contribution < -0.4 is 0 Å². The maximum absolute atomic E-state index is 4.54. The Bertz CT molecular complexity index is 840. The van der Waals surface area contributed by atoms with Gasteiger partial charge in [-0.2, -0.15) is 0 Å². The van der Waals surface area contributed by atoms with Crippen LogP contribution >= 0.6 is 11.8 Å². The predicted molar refractivity (Wildman–Crippen MR) is 88.2 cm³/mol. The van der Waals surface area contributed by atoms with Crippen LogP contribution in [0.15, 0.2) is 35.5 Å². The fourth-order valence-electron chi connectivity index (χ4n) is 3.24. The quantitative estimate of drug-likeness (QED) is 0.720. The Balaban J connectivity index is 1.73. The maximum atomic E-state index is 4.54. The first-order chi connectivity index (χ1) is 10.7. The highest BCUT2D eigenvalue weighted by Crippen LogP contribution is 2.42. The zero-order valence-corrected chi connectivity index (χ0v) is 13.6. The lowest BCUT2D eigenvalue weighted by atomic mass is 9.91. The third-order valence-electron chi connectivity index (χ3n) is 4.22. The van der Waals surface area contributed by atoms with Crippen molar-refractivity contribution < 1.29 is 0 Å². The summed E-state index contributed by atoms with van der Waals surface area (Å²) in [5, 5.41) is 10.1. The van der Waals surface area contributed by atoms with Crippen LogP contribution in [0.4, 0.5) is 0 Å². The van der Waals surface area contributed by atoms with E-state index in [-0.39, 0.29) is 0 Å². The number of thioether (sulfide) groups is 1. The number of rotatable bonds is 2. The highest BCUT2D eigenvalue weighted by Gasteiger charge is 2.23. The van der Waals surface area contributed by atoms with Crippen LogP contribution in [0.5, 0.6) is 0 Å². The van der Waals surface area contributed by atoms with Crippen molar-refractivity contribution in [2.45, 2.75) is 43.5 Å². The van der Waals surface area contributed by atoms with Crippen LogP contribution in [0.1, 0.15) is 40.7 Å². The molecule has 0 spiro atoms. The number of hydrogen-bond donors (Lipinski definition) is 0. The Hall–Kier alpha value is -1.88. The van der Waals surface area contributed by atoms with Crippen molar-refractivity contribution in [2.24, 2.45) is 0 Å². The minimum absolute atomic E-state index is 0.457. The predicted octanol–water partition coefficient (Wildman–Crippen LogP) is 3.91. The Kier molecular flexibility index (Phi) is 3.37. The van der Waals surface area contributed by atoms with E-state index in [0.29, 0.717) is 5.25 Å². The molecule has 0 radical (unpaired) electrons. The molecule has 1 aliphatic rings. The molecule has 4 nitrogen and oxygen atoms in total. The molecule has 1 atom stereocenters. The summed E-state index contributed by atoms with van der Waals surface area (Å²) in [6.45, 7) is 4.01. The Morgan fingerprint density at radius 3 is 2.95 bits per heavy atom. The highest BCUT2D eigenvalue weighted by atomic mass is 32.2. The molecule has 0 amide bonds. The molecule has 0 saturated heterocycles. The summed E-state index contributed by atoms with van der Waals surface area (Å²) in [6, 6.07) is 10.8. The fraction of sp³-hybridized carbons (Fsp3) is 0.353.